The van der Waals surface area contributed by atoms with Crippen LogP contribution in [0.2, 0.25) is 0 Å². The molecule has 0 radical (unpaired) electrons. The van der Waals surface area contributed by atoms with Crippen LogP contribution in [0.4, 0.5) is 0 Å². The van der Waals surface area contributed by atoms with Gasteiger partial charge in [-0.25, -0.2) is 0 Å². The van der Waals surface area contributed by atoms with Crippen LogP contribution in [0, 0.1) is 6.92 Å². The maximum atomic E-state index is 9.16. The maximum absolute atomic E-state index is 9.16. The Bertz CT molecular complexity index is 551. The van der Waals surface area contributed by atoms with Gasteiger partial charge in [0, 0.05) is 12.6 Å². The third-order valence-electron chi connectivity index (χ3n) is 3.76. The Kier molecular flexibility index (Phi) is 8.70. The van der Waals surface area contributed by atoms with E-state index in [1.54, 1.807) is 0 Å². The van der Waals surface area contributed by atoms with E-state index in [0.717, 1.165) is 18.7 Å². The van der Waals surface area contributed by atoms with Crippen LogP contribution in [0.1, 0.15) is 30.0 Å². The van der Waals surface area contributed by atoms with Gasteiger partial charge in [-0.3, -0.25) is 0 Å². The van der Waals surface area contributed by atoms with Crippen molar-refractivity contribution >= 4 is 0 Å². The van der Waals surface area contributed by atoms with Crippen LogP contribution in [0.3, 0.4) is 0 Å². The Hall–Kier alpha value is -1.55. The summed E-state index contributed by atoms with van der Waals surface area (Å²) in [4.78, 5) is 0. The average molecular weight is 335 g/mol. The van der Waals surface area contributed by atoms with Crippen LogP contribution in [0.15, 0.2) is 48.5 Å². The average Bonchev–Trinajstić information content (AvgIpc) is 2.56. The summed E-state index contributed by atoms with van der Waals surface area (Å²) in [5.41, 5.74) is 3.62. The highest BCUT2D eigenvalue weighted by atomic mass is 35.5. The Balaban J connectivity index is 0.00000264. The standard InChI is InChI=1S/C19H25NO2.ClH/c1-3-18(13-21)20-12-16-8-10-19(11-9-16)22-14-17-6-4-15(2)5-7-17;/h4-11,18,20-21H,3,12-14H2,1-2H3;1H/p-1. The molecule has 0 bridgehead atoms. The fraction of sp³-hybridized carbons (Fsp3) is 0.368. The second kappa shape index (κ2) is 10.3. The summed E-state index contributed by atoms with van der Waals surface area (Å²) in [7, 11) is 0. The summed E-state index contributed by atoms with van der Waals surface area (Å²) < 4.78 is 5.79. The van der Waals surface area contributed by atoms with E-state index < -0.39 is 0 Å². The number of aliphatic hydroxyl groups is 1. The molecule has 126 valence electrons. The van der Waals surface area contributed by atoms with E-state index in [2.05, 4.69) is 55.6 Å². The summed E-state index contributed by atoms with van der Waals surface area (Å²) in [6, 6.07) is 16.6. The summed E-state index contributed by atoms with van der Waals surface area (Å²) in [6.45, 7) is 5.67. The van der Waals surface area contributed by atoms with Crippen molar-refractivity contribution in [2.75, 3.05) is 6.61 Å². The third-order valence-corrected chi connectivity index (χ3v) is 3.76. The molecule has 0 spiro atoms. The van der Waals surface area contributed by atoms with Crippen molar-refractivity contribution in [3.05, 3.63) is 65.2 Å². The summed E-state index contributed by atoms with van der Waals surface area (Å²) in [6.07, 6.45) is 0.925. The first kappa shape index (κ1) is 19.5. The molecule has 1 unspecified atom stereocenters. The largest absolute Gasteiger partial charge is 1.00 e. The molecule has 0 saturated carbocycles. The van der Waals surface area contributed by atoms with Gasteiger partial charge in [-0.05, 0) is 36.6 Å². The van der Waals surface area contributed by atoms with Crippen LogP contribution < -0.4 is 22.5 Å². The lowest BCUT2D eigenvalue weighted by Gasteiger charge is -2.14. The Morgan fingerprint density at radius 1 is 1.00 bits per heavy atom. The molecule has 0 amide bonds. The first-order valence-corrected chi connectivity index (χ1v) is 7.82. The zero-order valence-electron chi connectivity index (χ0n) is 13.8. The lowest BCUT2D eigenvalue weighted by atomic mass is 10.1. The van der Waals surface area contributed by atoms with Crippen LogP contribution in [-0.4, -0.2) is 17.8 Å². The summed E-state index contributed by atoms with van der Waals surface area (Å²) in [5, 5.41) is 12.5. The monoisotopic (exact) mass is 334 g/mol. The lowest BCUT2D eigenvalue weighted by Crippen LogP contribution is -3.00. The molecule has 2 aromatic rings. The summed E-state index contributed by atoms with van der Waals surface area (Å²) >= 11 is 0. The van der Waals surface area contributed by atoms with Gasteiger partial charge in [0.1, 0.15) is 12.4 Å². The number of hydrogen-bond acceptors (Lipinski definition) is 3. The molecule has 23 heavy (non-hydrogen) atoms. The van der Waals surface area contributed by atoms with Gasteiger partial charge in [0.05, 0.1) is 6.61 Å². The minimum Gasteiger partial charge on any atom is -1.00 e. The Labute approximate surface area is 145 Å². The number of rotatable bonds is 8. The van der Waals surface area contributed by atoms with Crippen LogP contribution >= 0.6 is 0 Å². The molecule has 0 saturated heterocycles. The first-order chi connectivity index (χ1) is 10.7. The van der Waals surface area contributed by atoms with Crippen LogP contribution in [0.5, 0.6) is 5.75 Å². The first-order valence-electron chi connectivity index (χ1n) is 7.82. The number of halogens is 1. The number of nitrogens with one attached hydrogen (secondary N) is 1. The van der Waals surface area contributed by atoms with Gasteiger partial charge in [0.15, 0.2) is 0 Å². The molecular formula is C19H25ClNO2-. The predicted molar refractivity (Wildman–Crippen MR) is 90.0 cm³/mol. The van der Waals surface area contributed by atoms with E-state index in [-0.39, 0.29) is 25.1 Å². The molecule has 0 aromatic heterocycles. The van der Waals surface area contributed by atoms with Crippen molar-refractivity contribution in [1.82, 2.24) is 5.32 Å². The maximum Gasteiger partial charge on any atom is 0.119 e. The molecule has 3 nitrogen and oxygen atoms in total. The van der Waals surface area contributed by atoms with Gasteiger partial charge < -0.3 is 27.6 Å². The van der Waals surface area contributed by atoms with Crippen molar-refractivity contribution in [3.8, 4) is 5.75 Å². The molecule has 2 aromatic carbocycles. The van der Waals surface area contributed by atoms with Gasteiger partial charge in [-0.15, -0.1) is 0 Å². The molecule has 1 atom stereocenters. The Morgan fingerprint density at radius 3 is 2.17 bits per heavy atom. The van der Waals surface area contributed by atoms with Crippen molar-refractivity contribution in [1.29, 1.82) is 0 Å². The molecule has 2 rings (SSSR count). The number of aryl methyl sites for hydroxylation is 1. The highest BCUT2D eigenvalue weighted by Crippen LogP contribution is 2.14. The summed E-state index contributed by atoms with van der Waals surface area (Å²) in [5.74, 6) is 0.874. The quantitative estimate of drug-likeness (QED) is 0.736. The molecule has 0 heterocycles. The lowest BCUT2D eigenvalue weighted by molar-refractivity contribution is -0.00000600. The number of hydrogen-bond donors (Lipinski definition) is 2. The normalized spacial score (nSPS) is 11.6. The minimum absolute atomic E-state index is 0. The molecular weight excluding hydrogens is 310 g/mol. The minimum atomic E-state index is 0. The van der Waals surface area contributed by atoms with E-state index in [0.29, 0.717) is 6.61 Å². The zero-order valence-corrected chi connectivity index (χ0v) is 14.5. The molecule has 0 aliphatic heterocycles. The second-order valence-electron chi connectivity index (χ2n) is 5.59. The van der Waals surface area contributed by atoms with Crippen molar-refractivity contribution in [2.45, 2.75) is 39.5 Å². The smallest absolute Gasteiger partial charge is 0.119 e. The van der Waals surface area contributed by atoms with Gasteiger partial charge in [0.25, 0.3) is 0 Å². The predicted octanol–water partition coefficient (Wildman–Crippen LogP) is 0.439. The highest BCUT2D eigenvalue weighted by molar-refractivity contribution is 5.28. The number of aliphatic hydroxyl groups excluding tert-OH is 1. The van der Waals surface area contributed by atoms with Crippen LogP contribution in [-0.2, 0) is 13.2 Å². The number of ether oxygens (including phenoxy) is 1. The van der Waals surface area contributed by atoms with Crippen molar-refractivity contribution in [2.24, 2.45) is 0 Å². The van der Waals surface area contributed by atoms with E-state index in [1.165, 1.54) is 16.7 Å². The molecule has 0 fully saturated rings. The zero-order chi connectivity index (χ0) is 15.8. The topological polar surface area (TPSA) is 41.5 Å². The number of benzene rings is 2. The third kappa shape index (κ3) is 6.61. The second-order valence-corrected chi connectivity index (χ2v) is 5.59. The molecule has 0 aliphatic carbocycles. The van der Waals surface area contributed by atoms with Crippen LogP contribution in [0.25, 0.3) is 0 Å². The van der Waals surface area contributed by atoms with E-state index >= 15 is 0 Å². The van der Waals surface area contributed by atoms with Crippen molar-refractivity contribution < 1.29 is 22.3 Å². The van der Waals surface area contributed by atoms with Gasteiger partial charge in [0.2, 0.25) is 0 Å². The SMILES string of the molecule is CCC(CO)NCc1ccc(OCc2ccc(C)cc2)cc1.[Cl-]. The van der Waals surface area contributed by atoms with Gasteiger partial charge in [-0.1, -0.05) is 48.9 Å². The van der Waals surface area contributed by atoms with Gasteiger partial charge >= 0.3 is 0 Å². The molecule has 0 aliphatic rings. The fourth-order valence-electron chi connectivity index (χ4n) is 2.15. The fourth-order valence-corrected chi connectivity index (χ4v) is 2.15. The molecule has 2 N–H and O–H groups in total. The van der Waals surface area contributed by atoms with E-state index in [4.69, 9.17) is 9.84 Å². The molecule has 4 heteroatoms. The van der Waals surface area contributed by atoms with E-state index in [9.17, 15) is 0 Å². The van der Waals surface area contributed by atoms with Crippen molar-refractivity contribution in [3.63, 3.8) is 0 Å². The van der Waals surface area contributed by atoms with Gasteiger partial charge in [-0.2, -0.15) is 0 Å². The highest BCUT2D eigenvalue weighted by Gasteiger charge is 2.03. The van der Waals surface area contributed by atoms with E-state index in [1.807, 2.05) is 12.1 Å². The Morgan fingerprint density at radius 2 is 1.61 bits per heavy atom.